The van der Waals surface area contributed by atoms with Gasteiger partial charge in [0.1, 0.15) is 0 Å². The summed E-state index contributed by atoms with van der Waals surface area (Å²) < 4.78 is 0.602. The quantitative estimate of drug-likeness (QED) is 0.580. The second-order valence-electron chi connectivity index (χ2n) is 9.89. The molecule has 3 aliphatic rings. The van der Waals surface area contributed by atoms with Crippen LogP contribution in [0, 0.1) is 0 Å². The first-order valence-electron chi connectivity index (χ1n) is 12.2. The van der Waals surface area contributed by atoms with Crippen LogP contribution in [0.3, 0.4) is 0 Å². The van der Waals surface area contributed by atoms with E-state index in [1.807, 2.05) is 12.1 Å². The third-order valence-corrected chi connectivity index (χ3v) is 8.76. The van der Waals surface area contributed by atoms with Crippen molar-refractivity contribution in [2.45, 2.75) is 68.9 Å². The Morgan fingerprint density at radius 1 is 0.909 bits per heavy atom. The number of carbonyl (C=O) groups is 2. The van der Waals surface area contributed by atoms with Crippen molar-refractivity contribution >= 4 is 34.8 Å². The molecule has 0 spiro atoms. The van der Waals surface area contributed by atoms with Gasteiger partial charge >= 0.3 is 0 Å². The number of halogens is 1. The van der Waals surface area contributed by atoms with Gasteiger partial charge in [0, 0.05) is 29.6 Å². The fourth-order valence-corrected chi connectivity index (χ4v) is 6.38. The molecule has 2 atom stereocenters. The van der Waals surface area contributed by atoms with Gasteiger partial charge in [-0.05, 0) is 81.4 Å². The summed E-state index contributed by atoms with van der Waals surface area (Å²) in [7, 11) is 0. The molecule has 7 heteroatoms. The molecule has 1 aromatic heterocycles. The number of hydrogen-bond acceptors (Lipinski definition) is 4. The molecule has 33 heavy (non-hydrogen) atoms. The molecular formula is C26H32ClN3O2S. The molecule has 5 nitrogen and oxygen atoms in total. The van der Waals surface area contributed by atoms with Gasteiger partial charge in [-0.25, -0.2) is 0 Å². The second-order valence-corrected chi connectivity index (χ2v) is 11.6. The Labute approximate surface area is 204 Å². The first-order valence-corrected chi connectivity index (χ1v) is 13.4. The number of carbonyl (C=O) groups excluding carboxylic acids is 2. The highest BCUT2D eigenvalue weighted by molar-refractivity contribution is 7.18. The summed E-state index contributed by atoms with van der Waals surface area (Å²) in [5, 5.41) is 6.32. The molecule has 5 rings (SSSR count). The van der Waals surface area contributed by atoms with Crippen molar-refractivity contribution in [3.8, 4) is 0 Å². The average Bonchev–Trinajstić information content (AvgIpc) is 3.18. The van der Waals surface area contributed by atoms with Crippen LogP contribution in [0.5, 0.6) is 0 Å². The van der Waals surface area contributed by atoms with Crippen molar-refractivity contribution in [3.63, 3.8) is 0 Å². The lowest BCUT2D eigenvalue weighted by atomic mass is 9.89. The Morgan fingerprint density at radius 2 is 1.55 bits per heavy atom. The minimum absolute atomic E-state index is 0.0590. The number of benzene rings is 1. The monoisotopic (exact) mass is 485 g/mol. The SMILES string of the molecule is O=C(NC1CCCC[C@H]1NC(=O)c1ccc(Cl)s1)c1ccc(C2(CN3CCCC3)CC2)cc1. The maximum Gasteiger partial charge on any atom is 0.261 e. The largest absolute Gasteiger partial charge is 0.347 e. The summed E-state index contributed by atoms with van der Waals surface area (Å²) >= 11 is 7.25. The van der Waals surface area contributed by atoms with E-state index in [1.54, 1.807) is 12.1 Å². The highest BCUT2D eigenvalue weighted by Gasteiger charge is 2.45. The van der Waals surface area contributed by atoms with Crippen LogP contribution in [0.15, 0.2) is 36.4 Å². The zero-order valence-corrected chi connectivity index (χ0v) is 20.5. The smallest absolute Gasteiger partial charge is 0.261 e. The van der Waals surface area contributed by atoms with Gasteiger partial charge in [0.15, 0.2) is 0 Å². The van der Waals surface area contributed by atoms with Gasteiger partial charge in [0.25, 0.3) is 11.8 Å². The number of nitrogens with one attached hydrogen (secondary N) is 2. The van der Waals surface area contributed by atoms with E-state index in [0.29, 0.717) is 20.2 Å². The van der Waals surface area contributed by atoms with E-state index in [-0.39, 0.29) is 23.9 Å². The van der Waals surface area contributed by atoms with Crippen molar-refractivity contribution in [2.75, 3.05) is 19.6 Å². The zero-order valence-electron chi connectivity index (χ0n) is 18.9. The minimum Gasteiger partial charge on any atom is -0.347 e. The lowest BCUT2D eigenvalue weighted by Gasteiger charge is -2.32. The summed E-state index contributed by atoms with van der Waals surface area (Å²) in [6, 6.07) is 11.6. The third-order valence-electron chi connectivity index (χ3n) is 7.53. The van der Waals surface area contributed by atoms with E-state index in [9.17, 15) is 9.59 Å². The number of nitrogens with zero attached hydrogens (tertiary/aromatic N) is 1. The van der Waals surface area contributed by atoms with Gasteiger partial charge in [0.05, 0.1) is 9.21 Å². The van der Waals surface area contributed by atoms with Crippen LogP contribution in [0.4, 0.5) is 0 Å². The Kier molecular flexibility index (Phi) is 6.77. The lowest BCUT2D eigenvalue weighted by Crippen LogP contribution is -2.53. The van der Waals surface area contributed by atoms with Crippen LogP contribution in [-0.2, 0) is 5.41 Å². The fraction of sp³-hybridized carbons (Fsp3) is 0.538. The van der Waals surface area contributed by atoms with E-state index >= 15 is 0 Å². The highest BCUT2D eigenvalue weighted by atomic mass is 35.5. The molecular weight excluding hydrogens is 454 g/mol. The molecule has 3 fully saturated rings. The maximum atomic E-state index is 13.0. The predicted molar refractivity (Wildman–Crippen MR) is 133 cm³/mol. The fourth-order valence-electron chi connectivity index (χ4n) is 5.44. The van der Waals surface area contributed by atoms with Crippen LogP contribution < -0.4 is 10.6 Å². The van der Waals surface area contributed by atoms with Crippen LogP contribution in [0.2, 0.25) is 4.34 Å². The van der Waals surface area contributed by atoms with Crippen molar-refractivity contribution in [1.29, 1.82) is 0 Å². The van der Waals surface area contributed by atoms with E-state index in [4.69, 9.17) is 11.6 Å². The molecule has 1 saturated heterocycles. The molecule has 0 radical (unpaired) electrons. The number of thiophene rings is 1. The maximum absolute atomic E-state index is 13.0. The molecule has 2 saturated carbocycles. The van der Waals surface area contributed by atoms with Crippen LogP contribution in [0.25, 0.3) is 0 Å². The average molecular weight is 486 g/mol. The van der Waals surface area contributed by atoms with E-state index in [2.05, 4.69) is 27.7 Å². The molecule has 2 N–H and O–H groups in total. The molecule has 2 aliphatic carbocycles. The molecule has 2 heterocycles. The zero-order chi connectivity index (χ0) is 22.8. The summed E-state index contributed by atoms with van der Waals surface area (Å²) in [4.78, 5) is 28.8. The molecule has 2 aromatic rings. The molecule has 0 bridgehead atoms. The Bertz CT molecular complexity index is 995. The van der Waals surface area contributed by atoms with Gasteiger partial charge in [-0.15, -0.1) is 11.3 Å². The molecule has 1 unspecified atom stereocenters. The lowest BCUT2D eigenvalue weighted by molar-refractivity contribution is 0.0865. The van der Waals surface area contributed by atoms with Gasteiger partial charge in [0.2, 0.25) is 0 Å². The van der Waals surface area contributed by atoms with Crippen LogP contribution >= 0.6 is 22.9 Å². The number of amides is 2. The summed E-state index contributed by atoms with van der Waals surface area (Å²) in [6.45, 7) is 3.60. The summed E-state index contributed by atoms with van der Waals surface area (Å²) in [5.41, 5.74) is 2.35. The summed E-state index contributed by atoms with van der Waals surface area (Å²) in [6.07, 6.45) is 8.97. The number of likely N-dealkylation sites (tertiary alicyclic amines) is 1. The minimum atomic E-state index is -0.116. The van der Waals surface area contributed by atoms with Crippen molar-refractivity contribution in [2.24, 2.45) is 0 Å². The molecule has 176 valence electrons. The third kappa shape index (κ3) is 5.28. The van der Waals surface area contributed by atoms with E-state index in [1.165, 1.54) is 55.7 Å². The van der Waals surface area contributed by atoms with Gasteiger partial charge in [-0.2, -0.15) is 0 Å². The molecule has 2 amide bonds. The van der Waals surface area contributed by atoms with Crippen molar-refractivity contribution < 1.29 is 9.59 Å². The Morgan fingerprint density at radius 3 is 2.12 bits per heavy atom. The number of hydrogen-bond donors (Lipinski definition) is 2. The van der Waals surface area contributed by atoms with Crippen molar-refractivity contribution in [1.82, 2.24) is 15.5 Å². The Balaban J connectivity index is 1.20. The first-order chi connectivity index (χ1) is 16.0. The van der Waals surface area contributed by atoms with Crippen LogP contribution in [0.1, 0.15) is 77.0 Å². The summed E-state index contributed by atoms with van der Waals surface area (Å²) in [5.74, 6) is -0.175. The Hall–Kier alpha value is -1.89. The van der Waals surface area contributed by atoms with E-state index < -0.39 is 0 Å². The van der Waals surface area contributed by atoms with Gasteiger partial charge < -0.3 is 15.5 Å². The van der Waals surface area contributed by atoms with E-state index in [0.717, 1.165) is 32.2 Å². The first kappa shape index (κ1) is 22.9. The second kappa shape index (κ2) is 9.77. The van der Waals surface area contributed by atoms with Gasteiger partial charge in [-0.1, -0.05) is 36.6 Å². The molecule has 1 aliphatic heterocycles. The normalized spacial score (nSPS) is 24.4. The topological polar surface area (TPSA) is 61.4 Å². The van der Waals surface area contributed by atoms with Crippen LogP contribution in [-0.4, -0.2) is 48.4 Å². The standard InChI is InChI=1S/C26H32ClN3O2S/c27-23-12-11-22(33-23)25(32)29-21-6-2-1-5-20(21)28-24(31)18-7-9-19(10-8-18)26(13-14-26)17-30-15-3-4-16-30/h7-12,20-21H,1-6,13-17H2,(H,28,31)(H,29,32)/t20?,21-/m1/s1. The van der Waals surface area contributed by atoms with Crippen molar-refractivity contribution in [3.05, 3.63) is 56.7 Å². The number of rotatable bonds is 7. The highest BCUT2D eigenvalue weighted by Crippen LogP contribution is 2.49. The predicted octanol–water partition coefficient (Wildman–Crippen LogP) is 5.00. The van der Waals surface area contributed by atoms with Gasteiger partial charge in [-0.3, -0.25) is 9.59 Å². The molecule has 1 aromatic carbocycles.